The highest BCUT2D eigenvalue weighted by atomic mass is 35.5. The van der Waals surface area contributed by atoms with E-state index in [1.165, 1.54) is 12.8 Å². The van der Waals surface area contributed by atoms with Crippen molar-refractivity contribution < 1.29 is 9.47 Å². The van der Waals surface area contributed by atoms with Gasteiger partial charge < -0.3 is 14.8 Å². The molecule has 2 rings (SSSR count). The van der Waals surface area contributed by atoms with Crippen LogP contribution in [0.5, 0.6) is 11.5 Å². The first-order valence-corrected chi connectivity index (χ1v) is 8.25. The van der Waals surface area contributed by atoms with E-state index < -0.39 is 0 Å². The molecule has 1 aromatic carbocycles. The molecule has 0 bridgehead atoms. The summed E-state index contributed by atoms with van der Waals surface area (Å²) in [5.41, 5.74) is 1.11. The van der Waals surface area contributed by atoms with Crippen molar-refractivity contribution in [1.29, 1.82) is 0 Å². The van der Waals surface area contributed by atoms with Crippen molar-refractivity contribution in [2.75, 3.05) is 13.7 Å². The second kappa shape index (κ2) is 7.90. The Morgan fingerprint density at radius 1 is 1.24 bits per heavy atom. The summed E-state index contributed by atoms with van der Waals surface area (Å²) in [6, 6.07) is 3.98. The molecule has 21 heavy (non-hydrogen) atoms. The summed E-state index contributed by atoms with van der Waals surface area (Å²) in [7, 11) is 1.67. The Kier molecular flexibility index (Phi) is 6.19. The van der Waals surface area contributed by atoms with Crippen LogP contribution < -0.4 is 14.8 Å². The maximum Gasteiger partial charge on any atom is 0.180 e. The first-order chi connectivity index (χ1) is 10.1. The average molecular weight is 312 g/mol. The Morgan fingerprint density at radius 2 is 1.95 bits per heavy atom. The summed E-state index contributed by atoms with van der Waals surface area (Å²) in [5.74, 6) is 2.23. The van der Waals surface area contributed by atoms with E-state index in [1.807, 2.05) is 12.1 Å². The van der Waals surface area contributed by atoms with Crippen molar-refractivity contribution in [2.24, 2.45) is 5.92 Å². The van der Waals surface area contributed by atoms with Crippen LogP contribution in [-0.2, 0) is 6.54 Å². The number of methoxy groups -OCH3 is 1. The lowest BCUT2D eigenvalue weighted by Gasteiger charge is -2.28. The molecule has 0 atom stereocenters. The van der Waals surface area contributed by atoms with Gasteiger partial charge in [-0.15, -0.1) is 0 Å². The molecule has 0 unspecified atom stereocenters. The van der Waals surface area contributed by atoms with Gasteiger partial charge in [-0.05, 0) is 55.8 Å². The molecule has 1 N–H and O–H groups in total. The third-order valence-corrected chi connectivity index (χ3v) is 4.40. The number of benzene rings is 1. The summed E-state index contributed by atoms with van der Waals surface area (Å²) in [5, 5.41) is 3.93. The van der Waals surface area contributed by atoms with Gasteiger partial charge in [-0.25, -0.2) is 0 Å². The van der Waals surface area contributed by atoms with E-state index >= 15 is 0 Å². The molecule has 1 aromatic rings. The van der Waals surface area contributed by atoms with Crippen LogP contribution in [-0.4, -0.2) is 19.8 Å². The zero-order chi connectivity index (χ0) is 15.2. The van der Waals surface area contributed by atoms with Crippen LogP contribution in [0.15, 0.2) is 12.1 Å². The van der Waals surface area contributed by atoms with Crippen molar-refractivity contribution in [3.8, 4) is 11.5 Å². The minimum Gasteiger partial charge on any atom is -0.493 e. The molecule has 0 aromatic heterocycles. The topological polar surface area (TPSA) is 30.5 Å². The highest BCUT2D eigenvalue weighted by molar-refractivity contribution is 6.32. The molecule has 1 saturated carbocycles. The molecule has 3 nitrogen and oxygen atoms in total. The number of hydrogen-bond donors (Lipinski definition) is 1. The van der Waals surface area contributed by atoms with Gasteiger partial charge in [0.2, 0.25) is 0 Å². The predicted molar refractivity (Wildman–Crippen MR) is 87.4 cm³/mol. The smallest absolute Gasteiger partial charge is 0.180 e. The third kappa shape index (κ3) is 4.52. The molecule has 1 aliphatic rings. The number of ether oxygens (including phenoxy) is 2. The van der Waals surface area contributed by atoms with Gasteiger partial charge in [-0.1, -0.05) is 25.4 Å². The average Bonchev–Trinajstić information content (AvgIpc) is 2.49. The van der Waals surface area contributed by atoms with Crippen LogP contribution in [0.2, 0.25) is 5.02 Å². The van der Waals surface area contributed by atoms with Crippen molar-refractivity contribution in [1.82, 2.24) is 5.32 Å². The molecule has 118 valence electrons. The highest BCUT2D eigenvalue weighted by Gasteiger charge is 2.22. The van der Waals surface area contributed by atoms with Crippen LogP contribution in [0.4, 0.5) is 0 Å². The van der Waals surface area contributed by atoms with Gasteiger partial charge in [-0.2, -0.15) is 0 Å². The maximum absolute atomic E-state index is 6.41. The first kappa shape index (κ1) is 16.4. The predicted octanol–water partition coefficient (Wildman–Crippen LogP) is 4.42. The van der Waals surface area contributed by atoms with Crippen LogP contribution in [0, 0.1) is 5.92 Å². The fraction of sp³-hybridized carbons (Fsp3) is 0.647. The minimum absolute atomic E-state index is 0.257. The van der Waals surface area contributed by atoms with Gasteiger partial charge in [0.1, 0.15) is 0 Å². The van der Waals surface area contributed by atoms with Crippen molar-refractivity contribution in [3.05, 3.63) is 22.7 Å². The molecule has 0 amide bonds. The van der Waals surface area contributed by atoms with E-state index in [9.17, 15) is 0 Å². The van der Waals surface area contributed by atoms with Gasteiger partial charge in [0.25, 0.3) is 0 Å². The normalized spacial score (nSPS) is 22.1. The summed E-state index contributed by atoms with van der Waals surface area (Å²) < 4.78 is 11.6. The summed E-state index contributed by atoms with van der Waals surface area (Å²) in [4.78, 5) is 0. The number of rotatable bonds is 6. The fourth-order valence-corrected chi connectivity index (χ4v) is 3.05. The molecular weight excluding hydrogens is 286 g/mol. The van der Waals surface area contributed by atoms with Crippen molar-refractivity contribution in [2.45, 2.75) is 52.2 Å². The molecule has 1 aliphatic carbocycles. The van der Waals surface area contributed by atoms with E-state index in [-0.39, 0.29) is 6.10 Å². The molecule has 0 radical (unpaired) electrons. The molecule has 1 fully saturated rings. The van der Waals surface area contributed by atoms with E-state index in [0.29, 0.717) is 10.8 Å². The van der Waals surface area contributed by atoms with Crippen LogP contribution in [0.1, 0.15) is 45.1 Å². The van der Waals surface area contributed by atoms with Crippen molar-refractivity contribution >= 4 is 11.6 Å². The molecule has 4 heteroatoms. The largest absolute Gasteiger partial charge is 0.493 e. The molecule has 0 saturated heterocycles. The fourth-order valence-electron chi connectivity index (χ4n) is 2.77. The quantitative estimate of drug-likeness (QED) is 0.844. The monoisotopic (exact) mass is 311 g/mol. The van der Waals surface area contributed by atoms with E-state index in [0.717, 1.165) is 43.2 Å². The Balaban J connectivity index is 2.10. The Bertz CT molecular complexity index is 456. The zero-order valence-corrected chi connectivity index (χ0v) is 14.0. The lowest BCUT2D eigenvalue weighted by molar-refractivity contribution is 0.131. The lowest BCUT2D eigenvalue weighted by Crippen LogP contribution is -2.23. The molecular formula is C17H26ClNO2. The third-order valence-electron chi connectivity index (χ3n) is 4.12. The minimum atomic E-state index is 0.257. The highest BCUT2D eigenvalue weighted by Crippen LogP contribution is 2.39. The van der Waals surface area contributed by atoms with E-state index in [2.05, 4.69) is 19.2 Å². The molecule has 0 aliphatic heterocycles. The summed E-state index contributed by atoms with van der Waals surface area (Å²) >= 11 is 6.41. The van der Waals surface area contributed by atoms with Gasteiger partial charge >= 0.3 is 0 Å². The summed E-state index contributed by atoms with van der Waals surface area (Å²) in [6.45, 7) is 6.10. The second-order valence-corrected chi connectivity index (χ2v) is 6.30. The van der Waals surface area contributed by atoms with E-state index in [1.54, 1.807) is 7.11 Å². The number of hydrogen-bond acceptors (Lipinski definition) is 3. The number of halogens is 1. The zero-order valence-electron chi connectivity index (χ0n) is 13.2. The van der Waals surface area contributed by atoms with Gasteiger partial charge in [0, 0.05) is 6.54 Å². The maximum atomic E-state index is 6.41. The van der Waals surface area contributed by atoms with Crippen LogP contribution in [0.25, 0.3) is 0 Å². The first-order valence-electron chi connectivity index (χ1n) is 7.87. The number of nitrogens with one attached hydrogen (secondary N) is 1. The molecule has 0 spiro atoms. The van der Waals surface area contributed by atoms with Crippen LogP contribution >= 0.6 is 11.6 Å². The Morgan fingerprint density at radius 3 is 2.57 bits per heavy atom. The van der Waals surface area contributed by atoms with Gasteiger partial charge in [-0.3, -0.25) is 0 Å². The molecule has 0 heterocycles. The lowest BCUT2D eigenvalue weighted by atomic mass is 9.89. The second-order valence-electron chi connectivity index (χ2n) is 5.89. The van der Waals surface area contributed by atoms with E-state index in [4.69, 9.17) is 21.1 Å². The van der Waals surface area contributed by atoms with Gasteiger partial charge in [0.05, 0.1) is 18.2 Å². The Labute approximate surface area is 133 Å². The Hall–Kier alpha value is -0.930. The van der Waals surface area contributed by atoms with Crippen LogP contribution in [0.3, 0.4) is 0 Å². The van der Waals surface area contributed by atoms with Gasteiger partial charge in [0.15, 0.2) is 11.5 Å². The standard InChI is InChI=1S/C17H26ClNO2/c1-4-19-11-13-9-15(18)17(16(10-13)20-3)21-14-7-5-12(2)6-8-14/h9-10,12,14,19H,4-8,11H2,1-3H3. The SMILES string of the molecule is CCNCc1cc(Cl)c(OC2CCC(C)CC2)c(OC)c1. The summed E-state index contributed by atoms with van der Waals surface area (Å²) in [6.07, 6.45) is 4.90. The van der Waals surface area contributed by atoms with Crippen molar-refractivity contribution in [3.63, 3.8) is 0 Å².